The molecule has 0 aromatic rings. The highest BCUT2D eigenvalue weighted by Gasteiger charge is 2.39. The van der Waals surface area contributed by atoms with E-state index in [0.717, 1.165) is 0 Å². The fourth-order valence-corrected chi connectivity index (χ4v) is 17.6. The first-order chi connectivity index (χ1) is 20.5. The van der Waals surface area contributed by atoms with Crippen LogP contribution in [0.4, 0.5) is 0 Å². The molecule has 0 aliphatic heterocycles. The van der Waals surface area contributed by atoms with Crippen molar-refractivity contribution in [2.45, 2.75) is 69.7 Å². The number of rotatable bonds is 25. The smallest absolute Gasteiger partial charge is 0.324 e. The van der Waals surface area contributed by atoms with Crippen LogP contribution in [0.25, 0.3) is 0 Å². The van der Waals surface area contributed by atoms with Gasteiger partial charge < -0.3 is 45.2 Å². The zero-order valence-corrected chi connectivity index (χ0v) is 32.4. The van der Waals surface area contributed by atoms with Crippen molar-refractivity contribution in [3.05, 3.63) is 12.7 Å². The predicted octanol–water partition coefficient (Wildman–Crippen LogP) is 11.2. The molecule has 266 valence electrons. The van der Waals surface area contributed by atoms with E-state index in [1.54, 1.807) is 47.5 Å². The summed E-state index contributed by atoms with van der Waals surface area (Å²) in [5.74, 6) is 0. The summed E-state index contributed by atoms with van der Waals surface area (Å²) >= 11 is 0. The third kappa shape index (κ3) is 15.6. The van der Waals surface area contributed by atoms with Crippen LogP contribution in [-0.2, 0) is 45.2 Å². The first-order valence-corrected chi connectivity index (χ1v) is 22.7. The Labute approximate surface area is 268 Å². The molecule has 0 bridgehead atoms. The van der Waals surface area contributed by atoms with Gasteiger partial charge in [-0.1, -0.05) is 13.5 Å². The molecule has 0 saturated carbocycles. The minimum Gasteiger partial charge on any atom is -0.324 e. The Kier molecular flexibility index (Phi) is 26.1. The van der Waals surface area contributed by atoms with Crippen LogP contribution in [0.2, 0.25) is 0 Å². The van der Waals surface area contributed by atoms with Gasteiger partial charge in [-0.05, 0) is 62.3 Å². The van der Waals surface area contributed by atoms with Gasteiger partial charge in [-0.15, -0.1) is 20.1 Å². The average Bonchev–Trinajstić information content (AvgIpc) is 2.92. The molecule has 0 aromatic heterocycles. The minimum absolute atomic E-state index is 0. The van der Waals surface area contributed by atoms with Crippen molar-refractivity contribution in [3.8, 4) is 0 Å². The molecule has 0 saturated heterocycles. The molecular weight excluding hydrogens is 673 g/mol. The van der Waals surface area contributed by atoms with Crippen molar-refractivity contribution in [2.75, 3.05) is 79.8 Å². The second kappa shape index (κ2) is 24.6. The molecule has 0 aromatic carbocycles. The molecule has 0 heterocycles. The molecule has 0 aliphatic rings. The van der Waals surface area contributed by atoms with Crippen LogP contribution in [0.1, 0.15) is 69.7 Å². The normalized spacial score (nSPS) is 13.9. The zero-order chi connectivity index (χ0) is 32.9. The van der Waals surface area contributed by atoms with Crippen molar-refractivity contribution < 1.29 is 45.2 Å². The van der Waals surface area contributed by atoms with E-state index >= 15 is 0 Å². The lowest BCUT2D eigenvalue weighted by atomic mass is 10.7. The second-order valence-electron chi connectivity index (χ2n) is 7.67. The SMILES string of the molecule is C.C=CCOP(=NC)(N=P(N=P(N=P(N=P(C)(OCC)OCC)(OCC)OCC)(OCC)OCC)(OCC)OCC)OCC. The largest absolute Gasteiger partial charge is 0.349 e. The number of hydrogen-bond acceptors (Lipinski definition) is 11. The van der Waals surface area contributed by atoms with Gasteiger partial charge in [-0.2, -0.15) is 4.52 Å². The summed E-state index contributed by atoms with van der Waals surface area (Å²) in [5, 5.41) is 0. The van der Waals surface area contributed by atoms with Gasteiger partial charge >= 0.3 is 30.6 Å². The fourth-order valence-electron chi connectivity index (χ4n) is 3.25. The molecule has 20 heteroatoms. The highest BCUT2D eigenvalue weighted by molar-refractivity contribution is 7.75. The molecular formula is C24H60N5O10P5. The summed E-state index contributed by atoms with van der Waals surface area (Å²) in [7, 11) is -15.5. The van der Waals surface area contributed by atoms with E-state index in [-0.39, 0.29) is 60.3 Å². The van der Waals surface area contributed by atoms with E-state index in [1.807, 2.05) is 34.6 Å². The van der Waals surface area contributed by atoms with Gasteiger partial charge in [0.05, 0.1) is 66.1 Å². The lowest BCUT2D eigenvalue weighted by molar-refractivity contribution is 0.240. The van der Waals surface area contributed by atoms with Crippen LogP contribution < -0.4 is 0 Å². The van der Waals surface area contributed by atoms with Crippen molar-refractivity contribution in [2.24, 2.45) is 22.8 Å². The van der Waals surface area contributed by atoms with Gasteiger partial charge in [-0.25, -0.2) is 4.74 Å². The topological polar surface area (TPSA) is 154 Å². The van der Waals surface area contributed by atoms with E-state index in [0.29, 0.717) is 13.2 Å². The van der Waals surface area contributed by atoms with Crippen molar-refractivity contribution >= 4 is 38.1 Å². The van der Waals surface area contributed by atoms with Crippen molar-refractivity contribution in [1.82, 2.24) is 0 Å². The van der Waals surface area contributed by atoms with Gasteiger partial charge in [0.25, 0.3) is 0 Å². The Morgan fingerprint density at radius 2 is 0.727 bits per heavy atom. The van der Waals surface area contributed by atoms with Gasteiger partial charge in [0.1, 0.15) is 0 Å². The summed E-state index contributed by atoms with van der Waals surface area (Å²) in [6.07, 6.45) is 1.58. The van der Waals surface area contributed by atoms with E-state index in [1.165, 1.54) is 0 Å². The Morgan fingerprint density at radius 1 is 0.455 bits per heavy atom. The molecule has 0 N–H and O–H groups in total. The molecule has 1 atom stereocenters. The van der Waals surface area contributed by atoms with Gasteiger partial charge in [0, 0.05) is 13.7 Å². The van der Waals surface area contributed by atoms with E-state index in [2.05, 4.69) is 11.3 Å². The highest BCUT2D eigenvalue weighted by atomic mass is 31.3. The van der Waals surface area contributed by atoms with Crippen LogP contribution in [0.3, 0.4) is 0 Å². The van der Waals surface area contributed by atoms with E-state index in [4.69, 9.17) is 63.3 Å². The lowest BCUT2D eigenvalue weighted by Gasteiger charge is -2.30. The summed E-state index contributed by atoms with van der Waals surface area (Å²) in [4.78, 5) is 0. The van der Waals surface area contributed by atoms with E-state index < -0.39 is 38.1 Å². The molecule has 0 aliphatic carbocycles. The van der Waals surface area contributed by atoms with Crippen LogP contribution in [-0.4, -0.2) is 79.8 Å². The molecule has 0 fully saturated rings. The maximum absolute atomic E-state index is 6.28. The van der Waals surface area contributed by atoms with Gasteiger partial charge in [-0.3, -0.25) is 0 Å². The summed E-state index contributed by atoms with van der Waals surface area (Å²) in [6.45, 7) is 24.3. The Bertz CT molecular complexity index is 1050. The Balaban J connectivity index is 0. The third-order valence-corrected chi connectivity index (χ3v) is 18.6. The third-order valence-electron chi connectivity index (χ3n) is 4.39. The Hall–Kier alpha value is 0.490. The number of nitrogens with zero attached hydrogens (tertiary/aromatic N) is 5. The van der Waals surface area contributed by atoms with Crippen molar-refractivity contribution in [3.63, 3.8) is 0 Å². The highest BCUT2D eigenvalue weighted by Crippen LogP contribution is 2.77. The van der Waals surface area contributed by atoms with Gasteiger partial charge in [0.15, 0.2) is 0 Å². The van der Waals surface area contributed by atoms with Crippen LogP contribution in [0, 0.1) is 0 Å². The zero-order valence-electron chi connectivity index (χ0n) is 27.9. The standard InChI is InChI=1S/C23H56N5O10P5.CH4/c1-13-23-38-40(24-11,31-16-4)26-42(34-19-7,35-20-8)28-43(36-21-9,37-22-10)27-41(32-17-5,33-18-6)25-39(12,29-14-2)30-15-3;/h13H,1,14-23H2,2-12H3;1H4. The monoisotopic (exact) mass is 733 g/mol. The maximum Gasteiger partial charge on any atom is 0.349 e. The molecule has 15 nitrogen and oxygen atoms in total. The quantitative estimate of drug-likeness (QED) is 0.0654. The molecule has 0 spiro atoms. The molecule has 1 unspecified atom stereocenters. The first-order valence-electron chi connectivity index (χ1n) is 14.6. The van der Waals surface area contributed by atoms with Gasteiger partial charge in [0.2, 0.25) is 7.51 Å². The predicted molar refractivity (Wildman–Crippen MR) is 186 cm³/mol. The summed E-state index contributed by atoms with van der Waals surface area (Å²) < 4.78 is 85.7. The maximum atomic E-state index is 6.28. The second-order valence-corrected chi connectivity index (χ2v) is 19.0. The van der Waals surface area contributed by atoms with Crippen molar-refractivity contribution in [1.29, 1.82) is 0 Å². The molecule has 44 heavy (non-hydrogen) atoms. The van der Waals surface area contributed by atoms with Crippen LogP contribution >= 0.6 is 38.1 Å². The first kappa shape index (κ1) is 46.6. The molecule has 0 rings (SSSR count). The Morgan fingerprint density at radius 3 is 1.00 bits per heavy atom. The lowest BCUT2D eigenvalue weighted by Crippen LogP contribution is -2.02. The summed E-state index contributed by atoms with van der Waals surface area (Å²) in [5.41, 5.74) is 0. The van der Waals surface area contributed by atoms with Crippen LogP contribution in [0.15, 0.2) is 35.5 Å². The molecule has 0 radical (unpaired) electrons. The molecule has 0 amide bonds. The van der Waals surface area contributed by atoms with E-state index in [9.17, 15) is 0 Å². The average molecular weight is 734 g/mol. The minimum atomic E-state index is -3.71. The fraction of sp³-hybridized carbons (Fsp3) is 0.917. The number of hydrogen-bond donors (Lipinski definition) is 0. The summed E-state index contributed by atoms with van der Waals surface area (Å²) in [6, 6.07) is 0. The van der Waals surface area contributed by atoms with Crippen LogP contribution in [0.5, 0.6) is 0 Å².